The van der Waals surface area contributed by atoms with Gasteiger partial charge in [-0.05, 0) is 24.8 Å². The van der Waals surface area contributed by atoms with E-state index in [-0.39, 0.29) is 5.41 Å². The number of aryl methyl sites for hydroxylation is 1. The van der Waals surface area contributed by atoms with E-state index >= 15 is 0 Å². The van der Waals surface area contributed by atoms with Gasteiger partial charge < -0.3 is 5.11 Å². The number of aromatic nitrogens is 2. The highest BCUT2D eigenvalue weighted by molar-refractivity contribution is 5.14. The molecule has 0 fully saturated rings. The van der Waals surface area contributed by atoms with E-state index in [4.69, 9.17) is 0 Å². The minimum absolute atomic E-state index is 0.196. The minimum atomic E-state index is -0.849. The zero-order chi connectivity index (χ0) is 11.7. The first kappa shape index (κ1) is 12.2. The van der Waals surface area contributed by atoms with E-state index in [1.807, 2.05) is 38.4 Å². The fourth-order valence-electron chi connectivity index (χ4n) is 1.52. The summed E-state index contributed by atoms with van der Waals surface area (Å²) in [7, 11) is 0. The Morgan fingerprint density at radius 1 is 1.33 bits per heavy atom. The number of hydrogen-bond acceptors (Lipinski definition) is 2. The Bertz CT molecular complexity index is 321. The van der Waals surface area contributed by atoms with Crippen molar-refractivity contribution in [3.05, 3.63) is 18.0 Å². The van der Waals surface area contributed by atoms with E-state index in [0.717, 1.165) is 18.7 Å². The van der Waals surface area contributed by atoms with Gasteiger partial charge >= 0.3 is 0 Å². The molecule has 1 unspecified atom stereocenters. The molecule has 86 valence electrons. The molecule has 0 saturated carbocycles. The maximum atomic E-state index is 10.6. The van der Waals surface area contributed by atoms with Crippen LogP contribution in [0.1, 0.15) is 46.7 Å². The zero-order valence-electron chi connectivity index (χ0n) is 10.4. The second kappa shape index (κ2) is 3.97. The van der Waals surface area contributed by atoms with Gasteiger partial charge in [0, 0.05) is 12.7 Å². The van der Waals surface area contributed by atoms with Crippen LogP contribution in [0.15, 0.2) is 12.3 Å². The summed E-state index contributed by atoms with van der Waals surface area (Å²) in [5.41, 5.74) is -0.145. The molecule has 3 heteroatoms. The highest BCUT2D eigenvalue weighted by atomic mass is 16.3. The van der Waals surface area contributed by atoms with Gasteiger partial charge in [0.1, 0.15) is 5.60 Å². The van der Waals surface area contributed by atoms with Gasteiger partial charge in [-0.25, -0.2) is 0 Å². The number of rotatable bonds is 3. The van der Waals surface area contributed by atoms with Crippen LogP contribution in [-0.2, 0) is 12.1 Å². The summed E-state index contributed by atoms with van der Waals surface area (Å²) in [4.78, 5) is 0. The Hall–Kier alpha value is -0.830. The fraction of sp³-hybridized carbons (Fsp3) is 0.750. The zero-order valence-corrected chi connectivity index (χ0v) is 10.4. The van der Waals surface area contributed by atoms with Crippen LogP contribution in [0.5, 0.6) is 0 Å². The molecule has 0 spiro atoms. The molecular formula is C12H22N2O. The van der Waals surface area contributed by atoms with Gasteiger partial charge in [-0.2, -0.15) is 5.10 Å². The van der Waals surface area contributed by atoms with Gasteiger partial charge in [-0.15, -0.1) is 0 Å². The van der Waals surface area contributed by atoms with Crippen molar-refractivity contribution in [1.82, 2.24) is 9.78 Å². The van der Waals surface area contributed by atoms with E-state index in [9.17, 15) is 5.11 Å². The highest BCUT2D eigenvalue weighted by Crippen LogP contribution is 2.38. The van der Waals surface area contributed by atoms with E-state index in [0.29, 0.717) is 0 Å². The Morgan fingerprint density at radius 2 is 1.93 bits per heavy atom. The number of nitrogens with zero attached hydrogens (tertiary/aromatic N) is 2. The third-order valence-electron chi connectivity index (χ3n) is 3.11. The molecule has 0 aliphatic heterocycles. The predicted molar refractivity (Wildman–Crippen MR) is 61.5 cm³/mol. The maximum absolute atomic E-state index is 10.6. The van der Waals surface area contributed by atoms with E-state index in [2.05, 4.69) is 12.0 Å². The molecule has 0 aliphatic rings. The van der Waals surface area contributed by atoms with Crippen LogP contribution in [0.2, 0.25) is 0 Å². The lowest BCUT2D eigenvalue weighted by Gasteiger charge is -2.37. The Kier molecular flexibility index (Phi) is 3.24. The lowest BCUT2D eigenvalue weighted by molar-refractivity contribution is -0.0542. The average molecular weight is 210 g/mol. The summed E-state index contributed by atoms with van der Waals surface area (Å²) in [6.45, 7) is 10.9. The van der Waals surface area contributed by atoms with Crippen LogP contribution in [0, 0.1) is 5.41 Å². The Morgan fingerprint density at radius 3 is 2.40 bits per heavy atom. The molecule has 0 aliphatic carbocycles. The average Bonchev–Trinajstić information content (AvgIpc) is 2.51. The Balaban J connectivity index is 3.09. The molecule has 1 aromatic heterocycles. The first-order valence-corrected chi connectivity index (χ1v) is 5.55. The van der Waals surface area contributed by atoms with Crippen molar-refractivity contribution in [2.75, 3.05) is 0 Å². The van der Waals surface area contributed by atoms with Crippen LogP contribution in [0.3, 0.4) is 0 Å². The summed E-state index contributed by atoms with van der Waals surface area (Å²) in [6.07, 6.45) is 2.78. The molecule has 0 saturated heterocycles. The van der Waals surface area contributed by atoms with Gasteiger partial charge in [0.15, 0.2) is 0 Å². The first-order chi connectivity index (χ1) is 6.80. The molecule has 1 N–H and O–H groups in total. The second-order valence-electron chi connectivity index (χ2n) is 5.26. The van der Waals surface area contributed by atoms with Gasteiger partial charge in [-0.1, -0.05) is 27.7 Å². The summed E-state index contributed by atoms with van der Waals surface area (Å²) in [6, 6.07) is 1.90. The molecule has 15 heavy (non-hydrogen) atoms. The monoisotopic (exact) mass is 210 g/mol. The van der Waals surface area contributed by atoms with Crippen LogP contribution in [-0.4, -0.2) is 14.9 Å². The lowest BCUT2D eigenvalue weighted by Crippen LogP contribution is -2.39. The van der Waals surface area contributed by atoms with Crippen molar-refractivity contribution in [2.24, 2.45) is 5.41 Å². The minimum Gasteiger partial charge on any atom is -0.383 e. The second-order valence-corrected chi connectivity index (χ2v) is 5.26. The summed E-state index contributed by atoms with van der Waals surface area (Å²) in [5, 5.41) is 14.8. The molecular weight excluding hydrogens is 188 g/mol. The third kappa shape index (κ3) is 2.23. The summed E-state index contributed by atoms with van der Waals surface area (Å²) in [5.74, 6) is 0. The molecule has 1 atom stereocenters. The smallest absolute Gasteiger partial charge is 0.108 e. The largest absolute Gasteiger partial charge is 0.383 e. The van der Waals surface area contributed by atoms with Crippen LogP contribution >= 0.6 is 0 Å². The third-order valence-corrected chi connectivity index (χ3v) is 3.11. The lowest BCUT2D eigenvalue weighted by atomic mass is 9.76. The van der Waals surface area contributed by atoms with Gasteiger partial charge in [-0.3, -0.25) is 4.68 Å². The summed E-state index contributed by atoms with van der Waals surface area (Å²) >= 11 is 0. The van der Waals surface area contributed by atoms with E-state index in [1.165, 1.54) is 0 Å². The van der Waals surface area contributed by atoms with Crippen molar-refractivity contribution in [3.63, 3.8) is 0 Å². The SMILES string of the molecule is CCCn1nccc1C(C)(O)C(C)(C)C. The van der Waals surface area contributed by atoms with E-state index < -0.39 is 5.60 Å². The Labute approximate surface area is 92.1 Å². The maximum Gasteiger partial charge on any atom is 0.108 e. The van der Waals surface area contributed by atoms with Crippen LogP contribution < -0.4 is 0 Å². The first-order valence-electron chi connectivity index (χ1n) is 5.55. The highest BCUT2D eigenvalue weighted by Gasteiger charge is 2.39. The molecule has 1 heterocycles. The molecule has 0 aromatic carbocycles. The summed E-state index contributed by atoms with van der Waals surface area (Å²) < 4.78 is 1.89. The van der Waals surface area contributed by atoms with Crippen LogP contribution in [0.25, 0.3) is 0 Å². The van der Waals surface area contributed by atoms with Crippen molar-refractivity contribution in [1.29, 1.82) is 0 Å². The van der Waals surface area contributed by atoms with Gasteiger partial charge in [0.05, 0.1) is 5.69 Å². The fourth-order valence-corrected chi connectivity index (χ4v) is 1.52. The van der Waals surface area contributed by atoms with E-state index in [1.54, 1.807) is 6.20 Å². The predicted octanol–water partition coefficient (Wildman–Crippen LogP) is 2.55. The van der Waals surface area contributed by atoms with Crippen LogP contribution in [0.4, 0.5) is 0 Å². The molecule has 1 rings (SSSR count). The number of aliphatic hydroxyl groups is 1. The van der Waals surface area contributed by atoms with Crippen molar-refractivity contribution < 1.29 is 5.11 Å². The number of hydrogen-bond donors (Lipinski definition) is 1. The van der Waals surface area contributed by atoms with Crippen molar-refractivity contribution in [2.45, 2.75) is 53.2 Å². The molecule has 0 radical (unpaired) electrons. The standard InChI is InChI=1S/C12H22N2O/c1-6-9-14-10(7-8-13-14)12(5,15)11(2,3)4/h7-8,15H,6,9H2,1-5H3. The normalized spacial score (nSPS) is 16.4. The topological polar surface area (TPSA) is 38.0 Å². The molecule has 0 amide bonds. The van der Waals surface area contributed by atoms with Crippen molar-refractivity contribution >= 4 is 0 Å². The van der Waals surface area contributed by atoms with Crippen molar-refractivity contribution in [3.8, 4) is 0 Å². The molecule has 3 nitrogen and oxygen atoms in total. The molecule has 0 bridgehead atoms. The molecule has 1 aromatic rings. The van der Waals surface area contributed by atoms with Gasteiger partial charge in [0.25, 0.3) is 0 Å². The quantitative estimate of drug-likeness (QED) is 0.832. The van der Waals surface area contributed by atoms with Gasteiger partial charge in [0.2, 0.25) is 0 Å².